The standard InChI is InChI=1S/C59H39NO/c1-3-15-40(16-4-1)41-27-32-45(33-28-41)60(47-36-37-49-52-23-11-14-26-56(52)61-57-38-29-42-17-7-8-20-48(42)58(57)53(49)39-47)46-34-30-44(31-35-46)59(43-18-5-2-6-19-43)54-24-12-9-21-50(54)51-22-10-13-25-55(51)59/h1-39H. The number of para-hydroxylation sites is 1. The molecule has 0 N–H and O–H groups in total. The van der Waals surface area contributed by atoms with Gasteiger partial charge in [0, 0.05) is 28.2 Å². The Morgan fingerprint density at radius 2 is 0.869 bits per heavy atom. The monoisotopic (exact) mass is 777 g/mol. The summed E-state index contributed by atoms with van der Waals surface area (Å²) in [6.45, 7) is 0. The number of benzene rings is 10. The normalized spacial score (nSPS) is 12.9. The molecule has 0 spiro atoms. The number of rotatable bonds is 6. The van der Waals surface area contributed by atoms with E-state index in [-0.39, 0.29) is 0 Å². The molecule has 0 bridgehead atoms. The van der Waals surface area contributed by atoms with Gasteiger partial charge >= 0.3 is 0 Å². The second-order valence-electron chi connectivity index (χ2n) is 16.0. The van der Waals surface area contributed by atoms with Gasteiger partial charge < -0.3 is 9.64 Å². The van der Waals surface area contributed by atoms with Gasteiger partial charge in [-0.2, -0.15) is 0 Å². The molecule has 0 aromatic heterocycles. The molecule has 2 nitrogen and oxygen atoms in total. The molecule has 2 heteroatoms. The van der Waals surface area contributed by atoms with Crippen LogP contribution in [0, 0.1) is 0 Å². The molecule has 12 rings (SSSR count). The van der Waals surface area contributed by atoms with Crippen LogP contribution in [0.1, 0.15) is 22.3 Å². The molecule has 286 valence electrons. The highest BCUT2D eigenvalue weighted by Gasteiger charge is 2.45. The van der Waals surface area contributed by atoms with Crippen LogP contribution in [0.5, 0.6) is 11.5 Å². The second kappa shape index (κ2) is 14.1. The van der Waals surface area contributed by atoms with Crippen LogP contribution in [-0.2, 0) is 5.41 Å². The van der Waals surface area contributed by atoms with Crippen molar-refractivity contribution < 1.29 is 4.74 Å². The molecule has 0 saturated carbocycles. The lowest BCUT2D eigenvalue weighted by atomic mass is 9.68. The van der Waals surface area contributed by atoms with Crippen molar-refractivity contribution in [1.29, 1.82) is 0 Å². The summed E-state index contributed by atoms with van der Waals surface area (Å²) < 4.78 is 6.76. The van der Waals surface area contributed by atoms with Crippen molar-refractivity contribution in [3.8, 4) is 56.0 Å². The van der Waals surface area contributed by atoms with E-state index in [4.69, 9.17) is 4.74 Å². The fourth-order valence-electron chi connectivity index (χ4n) is 10.1. The Morgan fingerprint density at radius 1 is 0.328 bits per heavy atom. The predicted molar refractivity (Wildman–Crippen MR) is 252 cm³/mol. The number of hydrogen-bond donors (Lipinski definition) is 0. The molecule has 61 heavy (non-hydrogen) atoms. The molecular formula is C59H39NO. The molecule has 0 unspecified atom stereocenters. The second-order valence-corrected chi connectivity index (χ2v) is 16.0. The lowest BCUT2D eigenvalue weighted by molar-refractivity contribution is 0.488. The molecule has 1 aliphatic carbocycles. The molecule has 1 heterocycles. The Kier molecular flexibility index (Phi) is 8.11. The van der Waals surface area contributed by atoms with Crippen LogP contribution < -0.4 is 9.64 Å². The van der Waals surface area contributed by atoms with E-state index in [2.05, 4.69) is 235 Å². The van der Waals surface area contributed by atoms with E-state index >= 15 is 0 Å². The molecule has 0 radical (unpaired) electrons. The number of hydrogen-bond acceptors (Lipinski definition) is 2. The Balaban J connectivity index is 1.07. The van der Waals surface area contributed by atoms with Gasteiger partial charge in [-0.25, -0.2) is 0 Å². The van der Waals surface area contributed by atoms with Crippen LogP contribution in [0.3, 0.4) is 0 Å². The van der Waals surface area contributed by atoms with Crippen LogP contribution in [0.25, 0.3) is 55.3 Å². The SMILES string of the molecule is c1ccc(-c2ccc(N(c3ccc(C4(c5ccccc5)c5ccccc5-c5ccccc54)cc3)c3ccc4c(c3)-c3c(ccc5ccccc35)Oc3ccccc3-4)cc2)cc1. The van der Waals surface area contributed by atoms with Gasteiger partial charge in [0.25, 0.3) is 0 Å². The Bertz CT molecular complexity index is 3210. The third kappa shape index (κ3) is 5.50. The topological polar surface area (TPSA) is 12.5 Å². The molecule has 10 aromatic rings. The van der Waals surface area contributed by atoms with Gasteiger partial charge in [-0.3, -0.25) is 0 Å². The number of anilines is 3. The first-order valence-electron chi connectivity index (χ1n) is 21.0. The van der Waals surface area contributed by atoms with Crippen LogP contribution in [0.15, 0.2) is 237 Å². The largest absolute Gasteiger partial charge is 0.456 e. The lowest BCUT2D eigenvalue weighted by Crippen LogP contribution is -2.28. The molecular weight excluding hydrogens is 739 g/mol. The van der Waals surface area contributed by atoms with Crippen molar-refractivity contribution in [1.82, 2.24) is 0 Å². The summed E-state index contributed by atoms with van der Waals surface area (Å²) in [5.74, 6) is 1.71. The van der Waals surface area contributed by atoms with E-state index in [0.29, 0.717) is 0 Å². The summed E-state index contributed by atoms with van der Waals surface area (Å²) in [4.78, 5) is 2.40. The zero-order valence-electron chi connectivity index (χ0n) is 33.4. The highest BCUT2D eigenvalue weighted by atomic mass is 16.5. The first-order valence-corrected chi connectivity index (χ1v) is 21.0. The maximum absolute atomic E-state index is 6.76. The van der Waals surface area contributed by atoms with Crippen molar-refractivity contribution in [2.75, 3.05) is 4.90 Å². The minimum atomic E-state index is -0.475. The van der Waals surface area contributed by atoms with E-state index in [1.807, 2.05) is 6.07 Å². The quantitative estimate of drug-likeness (QED) is 0.167. The molecule has 0 atom stereocenters. The van der Waals surface area contributed by atoms with Crippen LogP contribution in [0.2, 0.25) is 0 Å². The van der Waals surface area contributed by atoms with E-state index in [9.17, 15) is 0 Å². The summed E-state index contributed by atoms with van der Waals surface area (Å²) in [5.41, 5.74) is 17.2. The summed E-state index contributed by atoms with van der Waals surface area (Å²) in [6, 6.07) is 86.0. The van der Waals surface area contributed by atoms with Crippen LogP contribution >= 0.6 is 0 Å². The summed E-state index contributed by atoms with van der Waals surface area (Å²) in [7, 11) is 0. The fourth-order valence-corrected chi connectivity index (χ4v) is 10.1. The maximum atomic E-state index is 6.76. The Morgan fingerprint density at radius 3 is 1.59 bits per heavy atom. The molecule has 0 saturated heterocycles. The van der Waals surface area contributed by atoms with Gasteiger partial charge in [-0.1, -0.05) is 188 Å². The highest BCUT2D eigenvalue weighted by Crippen LogP contribution is 2.57. The zero-order chi connectivity index (χ0) is 40.3. The van der Waals surface area contributed by atoms with Gasteiger partial charge in [0.1, 0.15) is 11.5 Å². The maximum Gasteiger partial charge on any atom is 0.135 e. The third-order valence-electron chi connectivity index (χ3n) is 12.8. The zero-order valence-corrected chi connectivity index (χ0v) is 33.4. The third-order valence-corrected chi connectivity index (χ3v) is 12.8. The first kappa shape index (κ1) is 35.0. The number of fused-ring (bicyclic) bond motifs is 10. The highest BCUT2D eigenvalue weighted by molar-refractivity contribution is 6.06. The molecule has 1 aliphatic heterocycles. The molecule has 0 fully saturated rings. The van der Waals surface area contributed by atoms with Crippen LogP contribution in [0.4, 0.5) is 17.1 Å². The average Bonchev–Trinajstić information content (AvgIpc) is 3.55. The van der Waals surface area contributed by atoms with Crippen molar-refractivity contribution in [2.45, 2.75) is 5.41 Å². The van der Waals surface area contributed by atoms with Crippen molar-refractivity contribution >= 4 is 27.8 Å². The lowest BCUT2D eigenvalue weighted by Gasteiger charge is -2.34. The summed E-state index contributed by atoms with van der Waals surface area (Å²) >= 11 is 0. The Labute approximate surface area is 356 Å². The van der Waals surface area contributed by atoms with Gasteiger partial charge in [0.05, 0.1) is 5.41 Å². The van der Waals surface area contributed by atoms with Crippen LogP contribution in [-0.4, -0.2) is 0 Å². The van der Waals surface area contributed by atoms with E-state index < -0.39 is 5.41 Å². The minimum absolute atomic E-state index is 0.475. The van der Waals surface area contributed by atoms with Gasteiger partial charge in [-0.05, 0) is 115 Å². The van der Waals surface area contributed by atoms with Crippen molar-refractivity contribution in [3.05, 3.63) is 259 Å². The van der Waals surface area contributed by atoms with Crippen molar-refractivity contribution in [2.24, 2.45) is 0 Å². The number of nitrogens with zero attached hydrogens (tertiary/aromatic N) is 1. The predicted octanol–water partition coefficient (Wildman–Crippen LogP) is 15.8. The van der Waals surface area contributed by atoms with E-state index in [1.54, 1.807) is 0 Å². The molecule has 10 aromatic carbocycles. The number of ether oxygens (including phenoxy) is 1. The first-order chi connectivity index (χ1) is 30.3. The van der Waals surface area contributed by atoms with E-state index in [1.165, 1.54) is 49.9 Å². The average molecular weight is 778 g/mol. The van der Waals surface area contributed by atoms with Crippen molar-refractivity contribution in [3.63, 3.8) is 0 Å². The summed E-state index contributed by atoms with van der Waals surface area (Å²) in [5, 5.41) is 2.34. The minimum Gasteiger partial charge on any atom is -0.456 e. The molecule has 0 amide bonds. The Hall–Kier alpha value is -7.94. The van der Waals surface area contributed by atoms with Gasteiger partial charge in [0.15, 0.2) is 0 Å². The fraction of sp³-hybridized carbons (Fsp3) is 0.0169. The summed E-state index contributed by atoms with van der Waals surface area (Å²) in [6.07, 6.45) is 0. The van der Waals surface area contributed by atoms with E-state index in [0.717, 1.165) is 56.2 Å². The van der Waals surface area contributed by atoms with Gasteiger partial charge in [0.2, 0.25) is 0 Å². The smallest absolute Gasteiger partial charge is 0.135 e. The molecule has 2 aliphatic rings. The van der Waals surface area contributed by atoms with Gasteiger partial charge in [-0.15, -0.1) is 0 Å².